The van der Waals surface area contributed by atoms with Gasteiger partial charge in [-0.25, -0.2) is 4.39 Å². The summed E-state index contributed by atoms with van der Waals surface area (Å²) in [5.41, 5.74) is 3.38. The molecule has 0 spiro atoms. The van der Waals surface area contributed by atoms with E-state index in [0.717, 1.165) is 17.5 Å². The topological polar surface area (TPSA) is 72.4 Å². The fraction of sp³-hybridized carbons (Fsp3) is 0.308. The van der Waals surface area contributed by atoms with Crippen molar-refractivity contribution in [1.29, 1.82) is 0 Å². The van der Waals surface area contributed by atoms with Crippen molar-refractivity contribution in [3.05, 3.63) is 94.6 Å². The van der Waals surface area contributed by atoms with E-state index in [1.165, 1.54) is 12.1 Å². The van der Waals surface area contributed by atoms with Crippen LogP contribution in [0.25, 0.3) is 0 Å². The van der Waals surface area contributed by atoms with E-state index in [4.69, 9.17) is 4.74 Å². The van der Waals surface area contributed by atoms with Gasteiger partial charge in [0.25, 0.3) is 11.8 Å². The molecule has 33 heavy (non-hydrogen) atoms. The molecule has 0 radical (unpaired) electrons. The molecule has 3 aromatic rings. The minimum Gasteiger partial charge on any atom is -0.373 e. The zero-order valence-corrected chi connectivity index (χ0v) is 18.8. The highest BCUT2D eigenvalue weighted by Gasteiger charge is 2.27. The molecule has 2 amide bonds. The van der Waals surface area contributed by atoms with Crippen LogP contribution in [0.2, 0.25) is 0 Å². The number of carbonyl (C=O) groups excluding carboxylic acids is 2. The highest BCUT2D eigenvalue weighted by molar-refractivity contribution is 6.01. The van der Waals surface area contributed by atoms with E-state index in [1.54, 1.807) is 18.2 Å². The first kappa shape index (κ1) is 22.7. The molecule has 0 bridgehead atoms. The molecular formula is C26H28FN3O3. The zero-order valence-electron chi connectivity index (χ0n) is 18.8. The molecular weight excluding hydrogens is 421 g/mol. The Bertz CT molecular complexity index is 1130. The van der Waals surface area contributed by atoms with Gasteiger partial charge >= 0.3 is 0 Å². The molecule has 2 atom stereocenters. The van der Waals surface area contributed by atoms with Gasteiger partial charge in [0, 0.05) is 6.54 Å². The Hall–Kier alpha value is -3.45. The molecule has 0 saturated carbocycles. The number of fused-ring (bicyclic) bond motifs is 1. The lowest BCUT2D eigenvalue weighted by atomic mass is 10.0. The minimum atomic E-state index is -0.326. The highest BCUT2D eigenvalue weighted by Crippen LogP contribution is 2.24. The molecule has 2 aromatic carbocycles. The van der Waals surface area contributed by atoms with Crippen molar-refractivity contribution in [2.24, 2.45) is 0 Å². The van der Waals surface area contributed by atoms with Gasteiger partial charge in [-0.15, -0.1) is 0 Å². The molecule has 2 N–H and O–H groups in total. The van der Waals surface area contributed by atoms with Gasteiger partial charge in [0.1, 0.15) is 11.5 Å². The SMILES string of the molecule is CC[C@@H](NC(=O)c1cc(C(=O)N[C@@H](C)c2ccc(F)cc2)c2n1CCOC2)c1ccccc1. The van der Waals surface area contributed by atoms with Gasteiger partial charge in [-0.05, 0) is 42.7 Å². The molecule has 4 rings (SSSR count). The summed E-state index contributed by atoms with van der Waals surface area (Å²) in [4.78, 5) is 26.3. The maximum absolute atomic E-state index is 13.2. The molecule has 6 nitrogen and oxygen atoms in total. The number of hydrogen-bond acceptors (Lipinski definition) is 3. The summed E-state index contributed by atoms with van der Waals surface area (Å²) in [6.07, 6.45) is 0.745. The molecule has 1 aliphatic heterocycles. The van der Waals surface area contributed by atoms with Crippen molar-refractivity contribution >= 4 is 11.8 Å². The second kappa shape index (κ2) is 10.0. The summed E-state index contributed by atoms with van der Waals surface area (Å²) in [6, 6.07) is 17.0. The Morgan fingerprint density at radius 3 is 2.45 bits per heavy atom. The highest BCUT2D eigenvalue weighted by atomic mass is 19.1. The molecule has 7 heteroatoms. The van der Waals surface area contributed by atoms with E-state index in [1.807, 2.05) is 48.7 Å². The zero-order chi connectivity index (χ0) is 23.4. The van der Waals surface area contributed by atoms with Crippen molar-refractivity contribution in [2.75, 3.05) is 6.61 Å². The maximum Gasteiger partial charge on any atom is 0.268 e. The van der Waals surface area contributed by atoms with Crippen LogP contribution in [0.3, 0.4) is 0 Å². The number of nitrogens with zero attached hydrogens (tertiary/aromatic N) is 1. The van der Waals surface area contributed by atoms with Crippen molar-refractivity contribution in [3.63, 3.8) is 0 Å². The first-order valence-electron chi connectivity index (χ1n) is 11.2. The summed E-state index contributed by atoms with van der Waals surface area (Å²) in [6.45, 7) is 5.10. The van der Waals surface area contributed by atoms with Crippen LogP contribution in [0, 0.1) is 5.82 Å². The van der Waals surface area contributed by atoms with Crippen LogP contribution < -0.4 is 10.6 Å². The van der Waals surface area contributed by atoms with E-state index in [2.05, 4.69) is 10.6 Å². The van der Waals surface area contributed by atoms with Gasteiger partial charge in [-0.3, -0.25) is 9.59 Å². The van der Waals surface area contributed by atoms with Gasteiger partial charge < -0.3 is 19.9 Å². The monoisotopic (exact) mass is 449 g/mol. The van der Waals surface area contributed by atoms with E-state index in [0.29, 0.717) is 30.1 Å². The second-order valence-electron chi connectivity index (χ2n) is 8.19. The van der Waals surface area contributed by atoms with Gasteiger partial charge in [0.2, 0.25) is 0 Å². The van der Waals surface area contributed by atoms with Crippen LogP contribution in [0.15, 0.2) is 60.7 Å². The molecule has 0 fully saturated rings. The number of carbonyl (C=O) groups is 2. The van der Waals surface area contributed by atoms with Crippen LogP contribution >= 0.6 is 0 Å². The van der Waals surface area contributed by atoms with Gasteiger partial charge in [-0.1, -0.05) is 49.4 Å². The Morgan fingerprint density at radius 2 is 1.76 bits per heavy atom. The first-order valence-corrected chi connectivity index (χ1v) is 11.2. The number of nitrogens with one attached hydrogen (secondary N) is 2. The number of ether oxygens (including phenoxy) is 1. The molecule has 0 saturated heterocycles. The Kier molecular flexibility index (Phi) is 6.89. The maximum atomic E-state index is 13.2. The van der Waals surface area contributed by atoms with Crippen LogP contribution in [-0.4, -0.2) is 23.0 Å². The standard InChI is InChI=1S/C26H28FN3O3/c1-3-22(19-7-5-4-6-8-19)29-26(32)23-15-21(24-16-33-14-13-30(23)24)25(31)28-17(2)18-9-11-20(27)12-10-18/h4-12,15,17,22H,3,13-14,16H2,1-2H3,(H,28,31)(H,29,32)/t17-,22+/m0/s1. The van der Waals surface area contributed by atoms with Gasteiger partial charge in [0.05, 0.1) is 36.6 Å². The Balaban J connectivity index is 1.56. The fourth-order valence-electron chi connectivity index (χ4n) is 4.16. The van der Waals surface area contributed by atoms with E-state index in [-0.39, 0.29) is 36.3 Å². The lowest BCUT2D eigenvalue weighted by Crippen LogP contribution is -2.31. The van der Waals surface area contributed by atoms with Crippen LogP contribution in [0.1, 0.15) is 70.0 Å². The summed E-state index contributed by atoms with van der Waals surface area (Å²) in [5.74, 6) is -0.845. The summed E-state index contributed by atoms with van der Waals surface area (Å²) in [5, 5.41) is 6.06. The van der Waals surface area contributed by atoms with Crippen LogP contribution in [0.5, 0.6) is 0 Å². The molecule has 1 aliphatic rings. The van der Waals surface area contributed by atoms with Crippen molar-refractivity contribution < 1.29 is 18.7 Å². The van der Waals surface area contributed by atoms with E-state index >= 15 is 0 Å². The average Bonchev–Trinajstić information content (AvgIpc) is 3.23. The predicted molar refractivity (Wildman–Crippen MR) is 123 cm³/mol. The van der Waals surface area contributed by atoms with E-state index < -0.39 is 0 Å². The summed E-state index contributed by atoms with van der Waals surface area (Å²) >= 11 is 0. The predicted octanol–water partition coefficient (Wildman–Crippen LogP) is 4.53. The summed E-state index contributed by atoms with van der Waals surface area (Å²) in [7, 11) is 0. The summed E-state index contributed by atoms with van der Waals surface area (Å²) < 4.78 is 20.7. The Morgan fingerprint density at radius 1 is 1.03 bits per heavy atom. The number of hydrogen-bond donors (Lipinski definition) is 2. The van der Waals surface area contributed by atoms with Gasteiger partial charge in [0.15, 0.2) is 0 Å². The average molecular weight is 450 g/mol. The third-order valence-electron chi connectivity index (χ3n) is 6.02. The lowest BCUT2D eigenvalue weighted by molar-refractivity contribution is 0.0774. The van der Waals surface area contributed by atoms with Crippen LogP contribution in [-0.2, 0) is 17.9 Å². The van der Waals surface area contributed by atoms with Crippen molar-refractivity contribution in [1.82, 2.24) is 15.2 Å². The minimum absolute atomic E-state index is 0.125. The van der Waals surface area contributed by atoms with Crippen LogP contribution in [0.4, 0.5) is 4.39 Å². The number of aromatic nitrogens is 1. The number of amides is 2. The molecule has 0 unspecified atom stereocenters. The normalized spacial score (nSPS) is 14.8. The lowest BCUT2D eigenvalue weighted by Gasteiger charge is -2.21. The molecule has 0 aliphatic carbocycles. The number of benzene rings is 2. The fourth-order valence-corrected chi connectivity index (χ4v) is 4.16. The van der Waals surface area contributed by atoms with Crippen molar-refractivity contribution in [2.45, 2.75) is 45.5 Å². The number of halogens is 1. The number of rotatable bonds is 7. The van der Waals surface area contributed by atoms with Gasteiger partial charge in [-0.2, -0.15) is 0 Å². The Labute approximate surface area is 192 Å². The molecule has 2 heterocycles. The van der Waals surface area contributed by atoms with Crippen molar-refractivity contribution in [3.8, 4) is 0 Å². The quantitative estimate of drug-likeness (QED) is 0.557. The smallest absolute Gasteiger partial charge is 0.268 e. The largest absolute Gasteiger partial charge is 0.373 e. The second-order valence-corrected chi connectivity index (χ2v) is 8.19. The molecule has 1 aromatic heterocycles. The first-order chi connectivity index (χ1) is 16.0. The molecule has 172 valence electrons. The van der Waals surface area contributed by atoms with E-state index in [9.17, 15) is 14.0 Å². The third-order valence-corrected chi connectivity index (χ3v) is 6.02. The third kappa shape index (κ3) is 4.98.